The van der Waals surface area contributed by atoms with Crippen molar-refractivity contribution in [2.24, 2.45) is 0 Å². The van der Waals surface area contributed by atoms with Crippen LogP contribution >= 0.6 is 0 Å². The van der Waals surface area contributed by atoms with Gasteiger partial charge in [0.2, 0.25) is 11.7 Å². The number of Topliss-reactive ketones (excluding diaryl/α,β-unsaturated/α-hetero) is 1. The lowest BCUT2D eigenvalue weighted by atomic mass is 10.00. The summed E-state index contributed by atoms with van der Waals surface area (Å²) in [5, 5.41) is 10.9. The number of carbonyl (C=O) groups is 2. The monoisotopic (exact) mass is 475 g/mol. The van der Waals surface area contributed by atoms with E-state index in [1.807, 2.05) is 84.9 Å². The van der Waals surface area contributed by atoms with E-state index in [0.29, 0.717) is 35.5 Å². The van der Waals surface area contributed by atoms with Gasteiger partial charge >= 0.3 is 0 Å². The second-order valence-corrected chi connectivity index (χ2v) is 8.45. The molecule has 1 amide bonds. The lowest BCUT2D eigenvalue weighted by Crippen LogP contribution is -2.19. The summed E-state index contributed by atoms with van der Waals surface area (Å²) in [5.74, 6) is 0.754. The van der Waals surface area contributed by atoms with E-state index in [-0.39, 0.29) is 11.7 Å². The number of H-pyrrole nitrogens is 1. The van der Waals surface area contributed by atoms with Crippen LogP contribution in [0.3, 0.4) is 0 Å². The van der Waals surface area contributed by atoms with Gasteiger partial charge in [0.15, 0.2) is 11.9 Å². The molecular formula is C30H25N3O3. The van der Waals surface area contributed by atoms with Gasteiger partial charge in [0.25, 0.3) is 0 Å². The number of hydrogen-bond donors (Lipinski definition) is 2. The Labute approximate surface area is 208 Å². The maximum atomic E-state index is 13.3. The van der Waals surface area contributed by atoms with Crippen molar-refractivity contribution in [2.75, 3.05) is 5.32 Å². The van der Waals surface area contributed by atoms with Crippen LogP contribution in [0.2, 0.25) is 0 Å². The van der Waals surface area contributed by atoms with Crippen molar-refractivity contribution in [1.29, 1.82) is 0 Å². The fourth-order valence-electron chi connectivity index (χ4n) is 4.06. The zero-order valence-electron chi connectivity index (χ0n) is 19.6. The van der Waals surface area contributed by atoms with Gasteiger partial charge in [-0.15, -0.1) is 0 Å². The van der Waals surface area contributed by atoms with Crippen LogP contribution < -0.4 is 10.1 Å². The molecule has 0 fully saturated rings. The molecule has 1 atom stereocenters. The molecule has 0 bridgehead atoms. The van der Waals surface area contributed by atoms with Crippen LogP contribution in [-0.4, -0.2) is 21.9 Å². The van der Waals surface area contributed by atoms with E-state index in [4.69, 9.17) is 4.74 Å². The number of aryl methyl sites for hydroxylation is 1. The zero-order chi connectivity index (χ0) is 24.7. The minimum atomic E-state index is -0.800. The first kappa shape index (κ1) is 23.1. The molecule has 178 valence electrons. The van der Waals surface area contributed by atoms with Crippen LogP contribution in [0, 0.1) is 0 Å². The minimum Gasteiger partial charge on any atom is -0.477 e. The van der Waals surface area contributed by atoms with Gasteiger partial charge < -0.3 is 10.1 Å². The van der Waals surface area contributed by atoms with Gasteiger partial charge in [-0.3, -0.25) is 14.7 Å². The molecule has 0 aliphatic heterocycles. The number of benzene rings is 4. The highest BCUT2D eigenvalue weighted by molar-refractivity contribution is 6.01. The van der Waals surface area contributed by atoms with Gasteiger partial charge in [-0.25, -0.2) is 0 Å². The Morgan fingerprint density at radius 3 is 2.22 bits per heavy atom. The molecule has 0 spiro atoms. The normalized spacial score (nSPS) is 11.7. The molecule has 36 heavy (non-hydrogen) atoms. The first-order valence-corrected chi connectivity index (χ1v) is 11.8. The van der Waals surface area contributed by atoms with Gasteiger partial charge in [-0.1, -0.05) is 91.0 Å². The number of ketones is 1. The Kier molecular flexibility index (Phi) is 6.85. The molecule has 1 aromatic heterocycles. The van der Waals surface area contributed by atoms with Gasteiger partial charge in [-0.05, 0) is 24.1 Å². The highest BCUT2D eigenvalue weighted by Crippen LogP contribution is 2.30. The molecule has 0 aliphatic rings. The number of aromatic amines is 1. The number of anilines is 1. The number of nitrogens with one attached hydrogen (secondary N) is 2. The van der Waals surface area contributed by atoms with E-state index >= 15 is 0 Å². The fourth-order valence-corrected chi connectivity index (χ4v) is 4.06. The summed E-state index contributed by atoms with van der Waals surface area (Å²) in [5.41, 5.74) is 3.15. The predicted molar refractivity (Wildman–Crippen MR) is 140 cm³/mol. The Bertz CT molecular complexity index is 1470. The second kappa shape index (κ2) is 10.7. The number of nitrogens with zero attached hydrogens (tertiary/aromatic N) is 1. The smallest absolute Gasteiger partial charge is 0.225 e. The SMILES string of the molecule is O=C(CCc1ccccc1)Nc1n[nH]c2cc(OC(C(=O)c3ccccc3)c3ccccc3)ccc12. The number of ether oxygens (including phenoxy) is 1. The van der Waals surface area contributed by atoms with Crippen LogP contribution in [0.25, 0.3) is 10.9 Å². The number of carbonyl (C=O) groups excluding carboxylic acids is 2. The maximum Gasteiger partial charge on any atom is 0.225 e. The van der Waals surface area contributed by atoms with Crippen molar-refractivity contribution >= 4 is 28.4 Å². The minimum absolute atomic E-state index is 0.106. The zero-order valence-corrected chi connectivity index (χ0v) is 19.6. The first-order valence-electron chi connectivity index (χ1n) is 11.8. The van der Waals surface area contributed by atoms with Crippen molar-refractivity contribution < 1.29 is 14.3 Å². The van der Waals surface area contributed by atoms with Crippen LogP contribution in [0.5, 0.6) is 5.75 Å². The summed E-state index contributed by atoms with van der Waals surface area (Å²) >= 11 is 0. The molecule has 6 heteroatoms. The Morgan fingerprint density at radius 1 is 0.833 bits per heavy atom. The average molecular weight is 476 g/mol. The van der Waals surface area contributed by atoms with Crippen LogP contribution in [0.4, 0.5) is 5.82 Å². The quantitative estimate of drug-likeness (QED) is 0.251. The fraction of sp³-hybridized carbons (Fsp3) is 0.100. The van der Waals surface area contributed by atoms with E-state index in [1.54, 1.807) is 24.3 Å². The van der Waals surface area contributed by atoms with Gasteiger partial charge in [0, 0.05) is 29.0 Å². The number of fused-ring (bicyclic) bond motifs is 1. The van der Waals surface area contributed by atoms with Crippen molar-refractivity contribution in [3.63, 3.8) is 0 Å². The maximum absolute atomic E-state index is 13.3. The van der Waals surface area contributed by atoms with E-state index in [9.17, 15) is 9.59 Å². The molecule has 0 aliphatic carbocycles. The van der Waals surface area contributed by atoms with E-state index in [2.05, 4.69) is 15.5 Å². The van der Waals surface area contributed by atoms with Gasteiger partial charge in [0.1, 0.15) is 5.75 Å². The van der Waals surface area contributed by atoms with Gasteiger partial charge in [-0.2, -0.15) is 5.10 Å². The summed E-state index contributed by atoms with van der Waals surface area (Å²) in [6, 6.07) is 33.8. The molecule has 1 unspecified atom stereocenters. The second-order valence-electron chi connectivity index (χ2n) is 8.45. The molecule has 0 radical (unpaired) electrons. The molecule has 5 aromatic rings. The summed E-state index contributed by atoms with van der Waals surface area (Å²) < 4.78 is 6.22. The van der Waals surface area contributed by atoms with E-state index in [0.717, 1.165) is 16.5 Å². The van der Waals surface area contributed by atoms with Gasteiger partial charge in [0.05, 0.1) is 5.52 Å². The third-order valence-electron chi connectivity index (χ3n) is 5.93. The summed E-state index contributed by atoms with van der Waals surface area (Å²) in [6.45, 7) is 0. The first-order chi connectivity index (χ1) is 17.7. The molecule has 6 nitrogen and oxygen atoms in total. The summed E-state index contributed by atoms with van der Waals surface area (Å²) in [4.78, 5) is 25.8. The average Bonchev–Trinajstić information content (AvgIpc) is 3.33. The predicted octanol–water partition coefficient (Wildman–Crippen LogP) is 6.14. The molecule has 2 N–H and O–H groups in total. The number of rotatable bonds is 9. The van der Waals surface area contributed by atoms with Crippen molar-refractivity contribution in [2.45, 2.75) is 18.9 Å². The molecule has 0 saturated heterocycles. The molecular weight excluding hydrogens is 450 g/mol. The largest absolute Gasteiger partial charge is 0.477 e. The standard InChI is InChI=1S/C30H25N3O3/c34-27(19-16-21-10-4-1-5-11-21)31-30-25-18-17-24(20-26(25)32-33-30)36-29(23-14-8-3-9-15-23)28(35)22-12-6-2-7-13-22/h1-15,17-18,20,29H,16,19H2,(H2,31,32,33,34). The van der Waals surface area contributed by atoms with E-state index < -0.39 is 6.10 Å². The lowest BCUT2D eigenvalue weighted by Gasteiger charge is -2.19. The Morgan fingerprint density at radius 2 is 1.50 bits per heavy atom. The van der Waals surface area contributed by atoms with E-state index in [1.165, 1.54) is 0 Å². The third kappa shape index (κ3) is 5.33. The number of hydrogen-bond acceptors (Lipinski definition) is 4. The Hall–Kier alpha value is -4.71. The highest BCUT2D eigenvalue weighted by Gasteiger charge is 2.24. The third-order valence-corrected chi connectivity index (χ3v) is 5.93. The van der Waals surface area contributed by atoms with Crippen molar-refractivity contribution in [3.8, 4) is 5.75 Å². The van der Waals surface area contributed by atoms with Crippen LogP contribution in [0.15, 0.2) is 109 Å². The molecule has 5 rings (SSSR count). The lowest BCUT2D eigenvalue weighted by molar-refractivity contribution is -0.116. The highest BCUT2D eigenvalue weighted by atomic mass is 16.5. The Balaban J connectivity index is 1.33. The summed E-state index contributed by atoms with van der Waals surface area (Å²) in [6.07, 6.45) is 0.217. The van der Waals surface area contributed by atoms with Crippen molar-refractivity contribution in [1.82, 2.24) is 10.2 Å². The topological polar surface area (TPSA) is 84.1 Å². The number of amides is 1. The summed E-state index contributed by atoms with van der Waals surface area (Å²) in [7, 11) is 0. The molecule has 1 heterocycles. The van der Waals surface area contributed by atoms with Crippen molar-refractivity contribution in [3.05, 3.63) is 126 Å². The van der Waals surface area contributed by atoms with Crippen LogP contribution in [-0.2, 0) is 11.2 Å². The van der Waals surface area contributed by atoms with Crippen LogP contribution in [0.1, 0.15) is 34.0 Å². The molecule has 4 aromatic carbocycles. The molecule has 0 saturated carbocycles. The number of aromatic nitrogens is 2.